The van der Waals surface area contributed by atoms with Crippen LogP contribution in [-0.4, -0.2) is 27.9 Å². The second kappa shape index (κ2) is 6.50. The van der Waals surface area contributed by atoms with Crippen molar-refractivity contribution in [1.82, 2.24) is 9.78 Å². The fourth-order valence-corrected chi connectivity index (χ4v) is 1.77. The minimum atomic E-state index is -4.33. The van der Waals surface area contributed by atoms with Crippen molar-refractivity contribution in [2.75, 3.05) is 10.6 Å². The number of hydrogen-bond acceptors (Lipinski definition) is 3. The molecule has 1 aromatic carbocycles. The summed E-state index contributed by atoms with van der Waals surface area (Å²) in [5, 5.41) is 9.18. The molecule has 1 amide bonds. The normalized spacial score (nSPS) is 12.7. The van der Waals surface area contributed by atoms with E-state index in [9.17, 15) is 18.0 Å². The molecule has 0 aliphatic heterocycles. The van der Waals surface area contributed by atoms with Crippen molar-refractivity contribution >= 4 is 17.4 Å². The van der Waals surface area contributed by atoms with Crippen molar-refractivity contribution in [3.05, 3.63) is 42.6 Å². The Morgan fingerprint density at radius 3 is 2.59 bits per heavy atom. The van der Waals surface area contributed by atoms with Gasteiger partial charge in [-0.05, 0) is 19.1 Å². The van der Waals surface area contributed by atoms with Crippen LogP contribution >= 0.6 is 0 Å². The third-order valence-electron chi connectivity index (χ3n) is 2.78. The summed E-state index contributed by atoms with van der Waals surface area (Å²) in [4.78, 5) is 12.0. The Labute approximate surface area is 125 Å². The molecule has 22 heavy (non-hydrogen) atoms. The zero-order chi connectivity index (χ0) is 16.2. The fourth-order valence-electron chi connectivity index (χ4n) is 1.77. The number of para-hydroxylation sites is 1. The lowest BCUT2D eigenvalue weighted by Crippen LogP contribution is -2.32. The van der Waals surface area contributed by atoms with Gasteiger partial charge in [0.15, 0.2) is 0 Å². The zero-order valence-corrected chi connectivity index (χ0v) is 11.8. The lowest BCUT2D eigenvalue weighted by molar-refractivity contribution is -0.142. The molecule has 0 unspecified atom stereocenters. The van der Waals surface area contributed by atoms with Crippen LogP contribution < -0.4 is 10.6 Å². The molecule has 8 heteroatoms. The molecule has 0 radical (unpaired) electrons. The van der Waals surface area contributed by atoms with Gasteiger partial charge in [-0.1, -0.05) is 18.2 Å². The highest BCUT2D eigenvalue weighted by atomic mass is 19.4. The van der Waals surface area contributed by atoms with E-state index in [1.165, 1.54) is 12.3 Å². The number of benzene rings is 1. The number of carbonyl (C=O) groups excluding carboxylic acids is 1. The Kier molecular flexibility index (Phi) is 4.69. The molecular formula is C14H15F3N4O. The number of alkyl halides is 3. The van der Waals surface area contributed by atoms with Gasteiger partial charge in [-0.3, -0.25) is 9.48 Å². The van der Waals surface area contributed by atoms with E-state index in [0.717, 1.165) is 4.68 Å². The van der Waals surface area contributed by atoms with Gasteiger partial charge in [-0.15, -0.1) is 0 Å². The monoisotopic (exact) mass is 312 g/mol. The second-order valence-electron chi connectivity index (χ2n) is 4.74. The standard InChI is InChI=1S/C14H15F3N4O/c1-10(13(22)19-11-5-3-2-4-6-11)18-12-7-8-21(20-12)9-14(15,16)17/h2-8,10H,9H2,1H3,(H,18,20)(H,19,22)/t10-/m1/s1. The van der Waals surface area contributed by atoms with Crippen LogP contribution in [0.15, 0.2) is 42.6 Å². The maximum Gasteiger partial charge on any atom is 0.408 e. The number of anilines is 2. The van der Waals surface area contributed by atoms with Gasteiger partial charge in [-0.2, -0.15) is 18.3 Å². The van der Waals surface area contributed by atoms with Gasteiger partial charge in [0.2, 0.25) is 5.91 Å². The fraction of sp³-hybridized carbons (Fsp3) is 0.286. The average Bonchev–Trinajstić information content (AvgIpc) is 2.84. The smallest absolute Gasteiger partial charge is 0.357 e. The molecule has 118 valence electrons. The molecule has 0 spiro atoms. The Morgan fingerprint density at radius 1 is 1.27 bits per heavy atom. The quantitative estimate of drug-likeness (QED) is 0.892. The predicted molar refractivity (Wildman–Crippen MR) is 76.4 cm³/mol. The van der Waals surface area contributed by atoms with Gasteiger partial charge in [-0.25, -0.2) is 0 Å². The highest BCUT2D eigenvalue weighted by Gasteiger charge is 2.28. The first-order valence-corrected chi connectivity index (χ1v) is 6.56. The summed E-state index contributed by atoms with van der Waals surface area (Å²) in [6.07, 6.45) is -3.13. The van der Waals surface area contributed by atoms with E-state index in [0.29, 0.717) is 5.69 Å². The van der Waals surface area contributed by atoms with Gasteiger partial charge in [0, 0.05) is 18.0 Å². The van der Waals surface area contributed by atoms with E-state index in [1.54, 1.807) is 31.2 Å². The number of halogens is 3. The first-order chi connectivity index (χ1) is 10.3. The summed E-state index contributed by atoms with van der Waals surface area (Å²) in [6, 6.07) is 9.61. The van der Waals surface area contributed by atoms with Crippen LogP contribution in [0.25, 0.3) is 0 Å². The van der Waals surface area contributed by atoms with E-state index in [4.69, 9.17) is 0 Å². The molecule has 1 heterocycles. The van der Waals surface area contributed by atoms with Crippen LogP contribution in [0, 0.1) is 0 Å². The van der Waals surface area contributed by atoms with Gasteiger partial charge < -0.3 is 10.6 Å². The van der Waals surface area contributed by atoms with Gasteiger partial charge >= 0.3 is 6.18 Å². The van der Waals surface area contributed by atoms with Crippen LogP contribution in [0.2, 0.25) is 0 Å². The topological polar surface area (TPSA) is 59.0 Å². The Hall–Kier alpha value is -2.51. The van der Waals surface area contributed by atoms with E-state index in [-0.39, 0.29) is 11.7 Å². The average molecular weight is 312 g/mol. The second-order valence-corrected chi connectivity index (χ2v) is 4.74. The predicted octanol–water partition coefficient (Wildman–Crippen LogP) is 2.88. The Balaban J connectivity index is 1.91. The molecule has 0 aliphatic carbocycles. The van der Waals surface area contributed by atoms with E-state index < -0.39 is 18.8 Å². The highest BCUT2D eigenvalue weighted by molar-refractivity contribution is 5.96. The molecule has 0 saturated carbocycles. The number of rotatable bonds is 5. The lowest BCUT2D eigenvalue weighted by Gasteiger charge is -2.13. The maximum absolute atomic E-state index is 12.2. The van der Waals surface area contributed by atoms with Crippen LogP contribution in [0.1, 0.15) is 6.92 Å². The number of aromatic nitrogens is 2. The first kappa shape index (κ1) is 15.9. The van der Waals surface area contributed by atoms with Crippen LogP contribution in [0.5, 0.6) is 0 Å². The highest BCUT2D eigenvalue weighted by Crippen LogP contribution is 2.18. The summed E-state index contributed by atoms with van der Waals surface area (Å²) in [5.41, 5.74) is 0.642. The van der Waals surface area contributed by atoms with Crippen molar-refractivity contribution in [2.45, 2.75) is 25.7 Å². The Bertz CT molecular complexity index is 625. The number of nitrogens with zero attached hydrogens (tertiary/aromatic N) is 2. The molecule has 2 rings (SSSR count). The van der Waals surface area contributed by atoms with Crippen LogP contribution in [0.3, 0.4) is 0 Å². The lowest BCUT2D eigenvalue weighted by atomic mass is 10.2. The molecule has 2 N–H and O–H groups in total. The molecule has 0 saturated heterocycles. The molecule has 0 fully saturated rings. The molecule has 2 aromatic rings. The van der Waals surface area contributed by atoms with Crippen molar-refractivity contribution < 1.29 is 18.0 Å². The summed E-state index contributed by atoms with van der Waals surface area (Å²) < 4.78 is 37.5. The molecule has 5 nitrogen and oxygen atoms in total. The minimum Gasteiger partial charge on any atom is -0.357 e. The number of hydrogen-bond donors (Lipinski definition) is 2. The summed E-state index contributed by atoms with van der Waals surface area (Å²) >= 11 is 0. The van der Waals surface area contributed by atoms with E-state index in [1.807, 2.05) is 6.07 Å². The number of carbonyl (C=O) groups is 1. The summed E-state index contributed by atoms with van der Waals surface area (Å²) in [7, 11) is 0. The molecular weight excluding hydrogens is 297 g/mol. The number of nitrogens with one attached hydrogen (secondary N) is 2. The van der Waals surface area contributed by atoms with E-state index in [2.05, 4.69) is 15.7 Å². The minimum absolute atomic E-state index is 0.208. The molecule has 1 aromatic heterocycles. The SMILES string of the molecule is C[C@@H](Nc1ccn(CC(F)(F)F)n1)C(=O)Nc1ccccc1. The third-order valence-corrected chi connectivity index (χ3v) is 2.78. The first-order valence-electron chi connectivity index (χ1n) is 6.56. The summed E-state index contributed by atoms with van der Waals surface area (Å²) in [5.74, 6) is -0.100. The van der Waals surface area contributed by atoms with Crippen molar-refractivity contribution in [3.63, 3.8) is 0 Å². The van der Waals surface area contributed by atoms with Crippen molar-refractivity contribution in [3.8, 4) is 0 Å². The summed E-state index contributed by atoms with van der Waals surface area (Å²) in [6.45, 7) is 0.431. The van der Waals surface area contributed by atoms with Crippen LogP contribution in [0.4, 0.5) is 24.7 Å². The number of amides is 1. The molecule has 1 atom stereocenters. The third kappa shape index (κ3) is 4.80. The van der Waals surface area contributed by atoms with Gasteiger partial charge in [0.05, 0.1) is 0 Å². The Morgan fingerprint density at radius 2 is 1.95 bits per heavy atom. The van der Waals surface area contributed by atoms with E-state index >= 15 is 0 Å². The van der Waals surface area contributed by atoms with Crippen molar-refractivity contribution in [1.29, 1.82) is 0 Å². The maximum atomic E-state index is 12.2. The molecule has 0 bridgehead atoms. The largest absolute Gasteiger partial charge is 0.408 e. The van der Waals surface area contributed by atoms with Gasteiger partial charge in [0.1, 0.15) is 18.4 Å². The molecule has 0 aliphatic rings. The van der Waals surface area contributed by atoms with Crippen LogP contribution in [-0.2, 0) is 11.3 Å². The van der Waals surface area contributed by atoms with Crippen molar-refractivity contribution in [2.24, 2.45) is 0 Å². The zero-order valence-electron chi connectivity index (χ0n) is 11.8. The van der Waals surface area contributed by atoms with Gasteiger partial charge in [0.25, 0.3) is 0 Å².